The molecule has 8 heteroatoms. The van der Waals surface area contributed by atoms with Gasteiger partial charge in [0.15, 0.2) is 6.61 Å². The van der Waals surface area contributed by atoms with Crippen molar-refractivity contribution < 1.29 is 19.1 Å². The fourth-order valence-corrected chi connectivity index (χ4v) is 1.72. The van der Waals surface area contributed by atoms with Crippen molar-refractivity contribution in [3.63, 3.8) is 0 Å². The van der Waals surface area contributed by atoms with Gasteiger partial charge in [0.05, 0.1) is 5.56 Å². The van der Waals surface area contributed by atoms with E-state index in [0.29, 0.717) is 11.0 Å². The molecule has 4 N–H and O–H groups in total. The summed E-state index contributed by atoms with van der Waals surface area (Å²) >= 11 is 3.21. The van der Waals surface area contributed by atoms with Crippen molar-refractivity contribution in [2.75, 3.05) is 18.9 Å². The maximum atomic E-state index is 11.8. The number of carbonyl (C=O) groups excluding carboxylic acids is 3. The number of rotatable bonds is 5. The molecular weight excluding hydrogens is 342 g/mol. The first kappa shape index (κ1) is 17.0. The molecule has 0 atom stereocenters. The normalized spacial score (nSPS) is 9.81. The van der Waals surface area contributed by atoms with Crippen LogP contribution in [0.25, 0.3) is 0 Å². The average Bonchev–Trinajstić information content (AvgIpc) is 2.45. The molecule has 0 aliphatic rings. The molecule has 0 saturated heterocycles. The molecule has 0 spiro atoms. The van der Waals surface area contributed by atoms with E-state index in [2.05, 4.69) is 21.2 Å². The molecule has 0 aromatic heterocycles. The second-order valence-corrected chi connectivity index (χ2v) is 5.03. The number of urea groups is 1. The molecule has 0 aliphatic carbocycles. The molecular formula is C13H16BrN3O4. The van der Waals surface area contributed by atoms with E-state index in [9.17, 15) is 14.4 Å². The summed E-state index contributed by atoms with van der Waals surface area (Å²) in [6, 6.07) is 4.08. The Morgan fingerprint density at radius 1 is 1.33 bits per heavy atom. The molecule has 0 heterocycles. The van der Waals surface area contributed by atoms with Gasteiger partial charge in [-0.1, -0.05) is 22.9 Å². The quantitative estimate of drug-likeness (QED) is 0.545. The van der Waals surface area contributed by atoms with E-state index in [0.717, 1.165) is 6.42 Å². The Kier molecular flexibility index (Phi) is 6.67. The van der Waals surface area contributed by atoms with Gasteiger partial charge in [-0.15, -0.1) is 0 Å². The number of hydrogen-bond donors (Lipinski definition) is 3. The summed E-state index contributed by atoms with van der Waals surface area (Å²) in [5.41, 5.74) is 6.03. The van der Waals surface area contributed by atoms with Crippen LogP contribution in [0.3, 0.4) is 0 Å². The van der Waals surface area contributed by atoms with Gasteiger partial charge in [0.25, 0.3) is 5.91 Å². The zero-order valence-electron chi connectivity index (χ0n) is 11.4. The van der Waals surface area contributed by atoms with Crippen molar-refractivity contribution in [2.45, 2.75) is 13.3 Å². The molecule has 0 fully saturated rings. The maximum absolute atomic E-state index is 11.8. The second kappa shape index (κ2) is 8.25. The highest BCUT2D eigenvalue weighted by Gasteiger charge is 2.14. The highest BCUT2D eigenvalue weighted by Crippen LogP contribution is 2.19. The highest BCUT2D eigenvalue weighted by atomic mass is 79.9. The summed E-state index contributed by atoms with van der Waals surface area (Å²) < 4.78 is 5.46. The van der Waals surface area contributed by atoms with Gasteiger partial charge in [-0.3, -0.25) is 10.1 Å². The van der Waals surface area contributed by atoms with Gasteiger partial charge in [-0.2, -0.15) is 0 Å². The Bertz CT molecular complexity index is 548. The first-order valence-electron chi connectivity index (χ1n) is 6.24. The van der Waals surface area contributed by atoms with E-state index in [1.807, 2.05) is 12.2 Å². The SMILES string of the molecule is CCCNC(=O)NC(=O)COC(=O)c1cc(Br)ccc1N. The fourth-order valence-electron chi connectivity index (χ4n) is 1.36. The molecule has 0 saturated carbocycles. The van der Waals surface area contributed by atoms with Crippen LogP contribution in [0.4, 0.5) is 10.5 Å². The third-order valence-corrected chi connectivity index (χ3v) is 2.85. The van der Waals surface area contributed by atoms with Crippen molar-refractivity contribution in [1.82, 2.24) is 10.6 Å². The van der Waals surface area contributed by atoms with E-state index in [-0.39, 0.29) is 11.3 Å². The minimum atomic E-state index is -0.738. The lowest BCUT2D eigenvalue weighted by Gasteiger charge is -2.08. The molecule has 3 amide bonds. The molecule has 0 bridgehead atoms. The van der Waals surface area contributed by atoms with Crippen LogP contribution >= 0.6 is 15.9 Å². The summed E-state index contributed by atoms with van der Waals surface area (Å²) in [7, 11) is 0. The van der Waals surface area contributed by atoms with Crippen molar-refractivity contribution in [2.24, 2.45) is 0 Å². The van der Waals surface area contributed by atoms with Gasteiger partial charge < -0.3 is 15.8 Å². The number of ether oxygens (including phenoxy) is 1. The first-order chi connectivity index (χ1) is 9.93. The summed E-state index contributed by atoms with van der Waals surface area (Å²) in [5, 5.41) is 4.50. The average molecular weight is 358 g/mol. The predicted molar refractivity (Wildman–Crippen MR) is 80.7 cm³/mol. The lowest BCUT2D eigenvalue weighted by atomic mass is 10.2. The minimum absolute atomic E-state index is 0.146. The predicted octanol–water partition coefficient (Wildman–Crippen LogP) is 1.42. The van der Waals surface area contributed by atoms with Crippen molar-refractivity contribution in [1.29, 1.82) is 0 Å². The van der Waals surface area contributed by atoms with Crippen LogP contribution in [0, 0.1) is 0 Å². The van der Waals surface area contributed by atoms with Gasteiger partial charge >= 0.3 is 12.0 Å². The minimum Gasteiger partial charge on any atom is -0.452 e. The molecule has 0 radical (unpaired) electrons. The lowest BCUT2D eigenvalue weighted by molar-refractivity contribution is -0.123. The standard InChI is InChI=1S/C13H16BrN3O4/c1-2-5-16-13(20)17-11(18)7-21-12(19)9-6-8(14)3-4-10(9)15/h3-4,6H,2,5,7,15H2,1H3,(H2,16,17,18,20). The number of benzene rings is 1. The van der Waals surface area contributed by atoms with Gasteiger partial charge in [0, 0.05) is 16.7 Å². The number of anilines is 1. The molecule has 0 unspecified atom stereocenters. The molecule has 1 aromatic rings. The Morgan fingerprint density at radius 3 is 2.71 bits per heavy atom. The zero-order valence-corrected chi connectivity index (χ0v) is 13.0. The number of nitrogens with two attached hydrogens (primary N) is 1. The number of halogens is 1. The first-order valence-corrected chi connectivity index (χ1v) is 7.03. The highest BCUT2D eigenvalue weighted by molar-refractivity contribution is 9.10. The molecule has 7 nitrogen and oxygen atoms in total. The van der Waals surface area contributed by atoms with Gasteiger partial charge in [-0.05, 0) is 24.6 Å². The Balaban J connectivity index is 2.47. The van der Waals surface area contributed by atoms with Crippen molar-refractivity contribution >= 4 is 39.5 Å². The number of carbonyl (C=O) groups is 3. The van der Waals surface area contributed by atoms with Crippen LogP contribution < -0.4 is 16.4 Å². The molecule has 1 rings (SSSR count). The molecule has 21 heavy (non-hydrogen) atoms. The van der Waals surface area contributed by atoms with Gasteiger partial charge in [0.1, 0.15) is 0 Å². The molecule has 0 aliphatic heterocycles. The van der Waals surface area contributed by atoms with E-state index in [1.54, 1.807) is 12.1 Å². The number of amides is 3. The topological polar surface area (TPSA) is 111 Å². The smallest absolute Gasteiger partial charge is 0.340 e. The van der Waals surface area contributed by atoms with Crippen molar-refractivity contribution in [3.05, 3.63) is 28.2 Å². The summed E-state index contributed by atoms with van der Waals surface area (Å²) in [5.74, 6) is -1.46. The van der Waals surface area contributed by atoms with Crippen LogP contribution in [0.15, 0.2) is 22.7 Å². The maximum Gasteiger partial charge on any atom is 0.340 e. The third kappa shape index (κ3) is 5.82. The monoisotopic (exact) mass is 357 g/mol. The molecule has 1 aromatic carbocycles. The second-order valence-electron chi connectivity index (χ2n) is 4.11. The Morgan fingerprint density at radius 2 is 2.05 bits per heavy atom. The Labute approximate surface area is 130 Å². The number of imide groups is 1. The lowest BCUT2D eigenvalue weighted by Crippen LogP contribution is -2.41. The number of nitrogens with one attached hydrogen (secondary N) is 2. The van der Waals surface area contributed by atoms with Crippen LogP contribution in [0.5, 0.6) is 0 Å². The van der Waals surface area contributed by atoms with Crippen LogP contribution in [0.1, 0.15) is 23.7 Å². The number of esters is 1. The van der Waals surface area contributed by atoms with E-state index in [4.69, 9.17) is 10.5 Å². The summed E-state index contributed by atoms with van der Waals surface area (Å²) in [6.45, 7) is 1.77. The van der Waals surface area contributed by atoms with Gasteiger partial charge in [-0.25, -0.2) is 9.59 Å². The Hall–Kier alpha value is -2.09. The third-order valence-electron chi connectivity index (χ3n) is 2.36. The van der Waals surface area contributed by atoms with Crippen LogP contribution in [-0.2, 0) is 9.53 Å². The van der Waals surface area contributed by atoms with Crippen LogP contribution in [-0.4, -0.2) is 31.1 Å². The summed E-state index contributed by atoms with van der Waals surface area (Å²) in [4.78, 5) is 34.4. The van der Waals surface area contributed by atoms with E-state index < -0.39 is 24.5 Å². The van der Waals surface area contributed by atoms with E-state index in [1.165, 1.54) is 6.07 Å². The van der Waals surface area contributed by atoms with Crippen molar-refractivity contribution in [3.8, 4) is 0 Å². The number of hydrogen-bond acceptors (Lipinski definition) is 5. The van der Waals surface area contributed by atoms with E-state index >= 15 is 0 Å². The number of nitrogen functional groups attached to an aromatic ring is 1. The van der Waals surface area contributed by atoms with Gasteiger partial charge in [0.2, 0.25) is 0 Å². The van der Waals surface area contributed by atoms with Crippen LogP contribution in [0.2, 0.25) is 0 Å². The molecule has 114 valence electrons. The summed E-state index contributed by atoms with van der Waals surface area (Å²) in [6.07, 6.45) is 0.749. The fraction of sp³-hybridized carbons (Fsp3) is 0.308. The zero-order chi connectivity index (χ0) is 15.8. The largest absolute Gasteiger partial charge is 0.452 e.